The summed E-state index contributed by atoms with van der Waals surface area (Å²) in [6, 6.07) is 13.8. The van der Waals surface area contributed by atoms with E-state index in [-0.39, 0.29) is 17.1 Å². The molecule has 4 heterocycles. The molecule has 2 aromatic carbocycles. The Morgan fingerprint density at radius 2 is 1.95 bits per heavy atom. The van der Waals surface area contributed by atoms with Gasteiger partial charge in [-0.3, -0.25) is 24.1 Å². The van der Waals surface area contributed by atoms with Crippen LogP contribution in [0.2, 0.25) is 0 Å². The minimum Gasteiger partial charge on any atom is -0.382 e. The van der Waals surface area contributed by atoms with Gasteiger partial charge in [-0.05, 0) is 37.1 Å². The van der Waals surface area contributed by atoms with Crippen LogP contribution in [-0.4, -0.2) is 36.6 Å². The summed E-state index contributed by atoms with van der Waals surface area (Å²) in [4.78, 5) is 50.0. The predicted octanol–water partition coefficient (Wildman–Crippen LogP) is 3.92. The molecule has 0 saturated carbocycles. The highest BCUT2D eigenvalue weighted by molar-refractivity contribution is 7.10. The summed E-state index contributed by atoms with van der Waals surface area (Å²) in [7, 11) is 0. The molecule has 1 atom stereocenters. The smallest absolute Gasteiger partial charge is 0.274 e. The summed E-state index contributed by atoms with van der Waals surface area (Å²) in [5.41, 5.74) is 10.1. The summed E-state index contributed by atoms with van der Waals surface area (Å²) >= 11 is 1.42. The van der Waals surface area contributed by atoms with Gasteiger partial charge in [0.1, 0.15) is 11.5 Å². The van der Waals surface area contributed by atoms with E-state index >= 15 is 0 Å². The van der Waals surface area contributed by atoms with Crippen molar-refractivity contribution in [3.05, 3.63) is 111 Å². The quantitative estimate of drug-likeness (QED) is 0.312. The normalized spacial score (nSPS) is 13.0. The fourth-order valence-corrected chi connectivity index (χ4v) is 4.90. The second-order valence-electron chi connectivity index (χ2n) is 9.08. The zero-order chi connectivity index (χ0) is 28.3. The van der Waals surface area contributed by atoms with Crippen molar-refractivity contribution in [2.45, 2.75) is 19.4 Å². The molecule has 1 amide bonds. The molecule has 0 saturated heterocycles. The Morgan fingerprint density at radius 3 is 2.71 bits per heavy atom. The lowest BCUT2D eigenvalue weighted by molar-refractivity contribution is 0.0933. The van der Waals surface area contributed by atoms with Crippen molar-refractivity contribution in [2.24, 2.45) is 4.99 Å². The van der Waals surface area contributed by atoms with Crippen LogP contribution in [0.3, 0.4) is 0 Å². The van der Waals surface area contributed by atoms with E-state index < -0.39 is 11.9 Å². The number of para-hydroxylation sites is 1. The molecule has 6 rings (SSSR count). The number of nitrogens with zero attached hydrogens (tertiary/aromatic N) is 6. The summed E-state index contributed by atoms with van der Waals surface area (Å²) in [6.45, 7) is 1.75. The molecule has 5 aromatic rings. The van der Waals surface area contributed by atoms with Crippen LogP contribution in [0, 0.1) is 11.8 Å². The van der Waals surface area contributed by atoms with Crippen molar-refractivity contribution in [1.29, 1.82) is 0 Å². The third kappa shape index (κ3) is 5.11. The number of hydrogen-bond donors (Lipinski definition) is 2. The molecular formula is C30H22N8O2S. The van der Waals surface area contributed by atoms with E-state index in [1.807, 2.05) is 24.3 Å². The lowest BCUT2D eigenvalue weighted by atomic mass is 10.1. The summed E-state index contributed by atoms with van der Waals surface area (Å²) in [6.07, 6.45) is 7.48. The number of amides is 1. The number of anilines is 1. The number of rotatable bonds is 5. The van der Waals surface area contributed by atoms with Gasteiger partial charge >= 0.3 is 0 Å². The third-order valence-corrected chi connectivity index (χ3v) is 7.04. The maximum Gasteiger partial charge on any atom is 0.274 e. The fraction of sp³-hybridized carbons (Fsp3) is 0.100. The van der Waals surface area contributed by atoms with Gasteiger partial charge in [0.05, 0.1) is 51.1 Å². The highest BCUT2D eigenvalue weighted by atomic mass is 32.1. The number of carbonyl (C=O) groups excluding carboxylic acids is 1. The lowest BCUT2D eigenvalue weighted by Crippen LogP contribution is -2.34. The van der Waals surface area contributed by atoms with Crippen LogP contribution < -0.4 is 16.6 Å². The Labute approximate surface area is 238 Å². The second kappa shape index (κ2) is 11.0. The topological polar surface area (TPSA) is 141 Å². The van der Waals surface area contributed by atoms with Crippen LogP contribution >= 0.6 is 11.3 Å². The van der Waals surface area contributed by atoms with E-state index in [1.54, 1.807) is 55.2 Å². The highest BCUT2D eigenvalue weighted by Gasteiger charge is 2.23. The Bertz CT molecular complexity index is 1970. The monoisotopic (exact) mass is 558 g/mol. The number of nitrogens with two attached hydrogens (primary N) is 1. The maximum absolute atomic E-state index is 14.1. The Balaban J connectivity index is 1.43. The molecule has 11 heteroatoms. The number of carbonyl (C=O) groups is 1. The first kappa shape index (κ1) is 25.8. The molecule has 0 radical (unpaired) electrons. The molecule has 0 unspecified atom stereocenters. The Kier molecular flexibility index (Phi) is 6.89. The van der Waals surface area contributed by atoms with Gasteiger partial charge in [-0.2, -0.15) is 0 Å². The second-order valence-corrected chi connectivity index (χ2v) is 9.97. The van der Waals surface area contributed by atoms with Gasteiger partial charge in [-0.15, -0.1) is 11.3 Å². The van der Waals surface area contributed by atoms with Crippen LogP contribution in [0.5, 0.6) is 0 Å². The van der Waals surface area contributed by atoms with E-state index in [4.69, 9.17) is 10.7 Å². The van der Waals surface area contributed by atoms with Crippen LogP contribution in [-0.2, 0) is 0 Å². The van der Waals surface area contributed by atoms with Gasteiger partial charge in [0, 0.05) is 18.2 Å². The molecule has 0 fully saturated rings. The Hall–Kier alpha value is -5.47. The maximum atomic E-state index is 14.1. The predicted molar refractivity (Wildman–Crippen MR) is 159 cm³/mol. The number of aliphatic imine (C=N–C) groups is 1. The minimum absolute atomic E-state index is 0.0166. The van der Waals surface area contributed by atoms with E-state index in [0.29, 0.717) is 45.8 Å². The van der Waals surface area contributed by atoms with Crippen molar-refractivity contribution in [3.63, 3.8) is 0 Å². The summed E-state index contributed by atoms with van der Waals surface area (Å²) in [5, 5.41) is 3.27. The van der Waals surface area contributed by atoms with Gasteiger partial charge in [-0.25, -0.2) is 15.0 Å². The third-order valence-electron chi connectivity index (χ3n) is 6.35. The van der Waals surface area contributed by atoms with Crippen LogP contribution in [0.25, 0.3) is 22.3 Å². The fourth-order valence-electron chi connectivity index (χ4n) is 4.43. The van der Waals surface area contributed by atoms with Crippen LogP contribution in [0.1, 0.15) is 51.8 Å². The molecule has 0 spiro atoms. The number of allylic oxidation sites excluding steroid dienone is 1. The number of aromatic nitrogens is 5. The first-order valence-corrected chi connectivity index (χ1v) is 13.6. The average Bonchev–Trinajstić information content (AvgIpc) is 3.72. The molecule has 200 valence electrons. The average molecular weight is 559 g/mol. The zero-order valence-corrected chi connectivity index (χ0v) is 22.6. The van der Waals surface area contributed by atoms with Crippen LogP contribution in [0.15, 0.2) is 82.3 Å². The number of hydrogen-bond acceptors (Lipinski definition) is 9. The highest BCUT2D eigenvalue weighted by Crippen LogP contribution is 2.22. The molecule has 10 nitrogen and oxygen atoms in total. The number of nitrogens with one attached hydrogen (secondary N) is 1. The van der Waals surface area contributed by atoms with E-state index in [9.17, 15) is 9.59 Å². The number of thiazole rings is 1. The Morgan fingerprint density at radius 1 is 1.10 bits per heavy atom. The van der Waals surface area contributed by atoms with Gasteiger partial charge in [0.2, 0.25) is 0 Å². The standard InChI is InChI=1S/C30H22N8O2S/c1-18(35-29(39)26-27(31)34-16-24(36-26)22-11-6-14-33-22)28-37-23-10-5-7-19(12-13-21-15-32-17-41-21)25(23)30(40)38(28)20-8-3-2-4-9-20/h2-5,7-11,14-18H,6H2,1H3,(H2,31,34)(H,35,39)/t18-/m0/s1. The van der Waals surface area contributed by atoms with Gasteiger partial charge < -0.3 is 11.1 Å². The summed E-state index contributed by atoms with van der Waals surface area (Å²) in [5.74, 6) is 5.93. The zero-order valence-electron chi connectivity index (χ0n) is 21.8. The minimum atomic E-state index is -0.708. The van der Waals surface area contributed by atoms with Gasteiger partial charge in [0.25, 0.3) is 11.5 Å². The largest absolute Gasteiger partial charge is 0.382 e. The van der Waals surface area contributed by atoms with Crippen LogP contribution in [0.4, 0.5) is 5.82 Å². The SMILES string of the molecule is C[C@H](NC(=O)c1nc(C2=CCC=N2)cnc1N)c1nc2cccc(C#Cc3cncs3)c2c(=O)n1-c1ccccc1. The molecule has 1 aliphatic rings. The molecule has 41 heavy (non-hydrogen) atoms. The first-order chi connectivity index (χ1) is 20.0. The molecule has 0 aliphatic carbocycles. The van der Waals surface area contributed by atoms with Crippen molar-refractivity contribution in [1.82, 2.24) is 29.8 Å². The van der Waals surface area contributed by atoms with Gasteiger partial charge in [-0.1, -0.05) is 36.3 Å². The number of benzene rings is 2. The van der Waals surface area contributed by atoms with E-state index in [2.05, 4.69) is 37.1 Å². The number of nitrogen functional groups attached to an aromatic ring is 1. The van der Waals surface area contributed by atoms with Crippen molar-refractivity contribution in [2.75, 3.05) is 5.73 Å². The van der Waals surface area contributed by atoms with Crippen molar-refractivity contribution >= 4 is 45.9 Å². The molecule has 3 aromatic heterocycles. The molecule has 0 bridgehead atoms. The molecular weight excluding hydrogens is 536 g/mol. The van der Waals surface area contributed by atoms with Crippen molar-refractivity contribution in [3.8, 4) is 17.5 Å². The van der Waals surface area contributed by atoms with E-state index in [0.717, 1.165) is 4.88 Å². The molecule has 3 N–H and O–H groups in total. The lowest BCUT2D eigenvalue weighted by Gasteiger charge is -2.20. The van der Waals surface area contributed by atoms with Gasteiger partial charge in [0.15, 0.2) is 11.5 Å². The number of fused-ring (bicyclic) bond motifs is 1. The molecule has 1 aliphatic heterocycles. The summed E-state index contributed by atoms with van der Waals surface area (Å²) < 4.78 is 1.49. The van der Waals surface area contributed by atoms with Crippen molar-refractivity contribution < 1.29 is 4.79 Å². The van der Waals surface area contributed by atoms with E-state index in [1.165, 1.54) is 22.1 Å². The first-order valence-electron chi connectivity index (χ1n) is 12.7.